The van der Waals surface area contributed by atoms with Crippen molar-refractivity contribution < 1.29 is 9.32 Å². The van der Waals surface area contributed by atoms with Crippen molar-refractivity contribution in [1.29, 1.82) is 0 Å². The Morgan fingerprint density at radius 1 is 1.05 bits per heavy atom. The molecule has 0 aliphatic heterocycles. The molecule has 3 aromatic rings. The maximum atomic E-state index is 12.7. The number of benzene rings is 2. The number of aromatic nitrogens is 1. The van der Waals surface area contributed by atoms with Gasteiger partial charge in [-0.1, -0.05) is 53.2 Å². The first kappa shape index (κ1) is 14.1. The van der Waals surface area contributed by atoms with Gasteiger partial charge in [0.1, 0.15) is 5.56 Å². The highest BCUT2D eigenvalue weighted by molar-refractivity contribution is 6.08. The molecule has 1 aromatic heterocycles. The number of carbonyl (C=O) groups excluding carboxylic acids is 1. The molecule has 22 heavy (non-hydrogen) atoms. The van der Waals surface area contributed by atoms with Crippen LogP contribution in [-0.4, -0.2) is 18.1 Å². The van der Waals surface area contributed by atoms with Crippen molar-refractivity contribution in [2.24, 2.45) is 0 Å². The van der Waals surface area contributed by atoms with E-state index in [1.165, 1.54) is 6.20 Å². The zero-order chi connectivity index (χ0) is 15.5. The number of carbonyl (C=O) groups is 1. The van der Waals surface area contributed by atoms with Gasteiger partial charge in [0.15, 0.2) is 5.76 Å². The van der Waals surface area contributed by atoms with Gasteiger partial charge in [0.05, 0.1) is 6.20 Å². The molecule has 0 unspecified atom stereocenters. The molecule has 0 radical (unpaired) electrons. The normalized spacial score (nSPS) is 10.5. The Morgan fingerprint density at radius 2 is 1.73 bits per heavy atom. The first-order valence-electron chi connectivity index (χ1n) is 7.01. The molecule has 3 rings (SSSR count). The second-order valence-corrected chi connectivity index (χ2v) is 5.13. The summed E-state index contributed by atoms with van der Waals surface area (Å²) >= 11 is 0. The first-order chi connectivity index (χ1) is 10.7. The summed E-state index contributed by atoms with van der Waals surface area (Å²) in [5.74, 6) is 0.343. The van der Waals surface area contributed by atoms with E-state index in [2.05, 4.69) is 5.16 Å². The summed E-state index contributed by atoms with van der Waals surface area (Å²) in [6.45, 7) is 2.01. The van der Waals surface area contributed by atoms with Gasteiger partial charge in [-0.25, -0.2) is 0 Å². The molecular formula is C18H16N2O2. The van der Waals surface area contributed by atoms with Gasteiger partial charge in [0.2, 0.25) is 0 Å². The minimum Gasteiger partial charge on any atom is -0.355 e. The Kier molecular flexibility index (Phi) is 3.74. The standard InChI is InChI=1S/C18H16N2O2/c1-13-8-10-14(11-9-13)17-16(12-19-22-17)18(21)20(2)15-6-4-3-5-7-15/h3-12H,1-2H3. The summed E-state index contributed by atoms with van der Waals surface area (Å²) in [4.78, 5) is 14.3. The average molecular weight is 292 g/mol. The van der Waals surface area contributed by atoms with Crippen LogP contribution in [0.15, 0.2) is 65.3 Å². The molecule has 0 bridgehead atoms. The highest BCUT2D eigenvalue weighted by Gasteiger charge is 2.21. The Hall–Kier alpha value is -2.88. The van der Waals surface area contributed by atoms with Crippen LogP contribution in [-0.2, 0) is 0 Å². The Balaban J connectivity index is 1.94. The van der Waals surface area contributed by atoms with Gasteiger partial charge < -0.3 is 9.42 Å². The average Bonchev–Trinajstić information content (AvgIpc) is 3.04. The second-order valence-electron chi connectivity index (χ2n) is 5.13. The van der Waals surface area contributed by atoms with E-state index in [-0.39, 0.29) is 5.91 Å². The van der Waals surface area contributed by atoms with Crippen LogP contribution in [0.5, 0.6) is 0 Å². The molecule has 0 atom stereocenters. The van der Waals surface area contributed by atoms with Crippen molar-refractivity contribution in [3.8, 4) is 11.3 Å². The molecule has 0 fully saturated rings. The van der Waals surface area contributed by atoms with Crippen LogP contribution in [0.4, 0.5) is 5.69 Å². The fourth-order valence-electron chi connectivity index (χ4n) is 2.25. The Bertz CT molecular complexity index is 776. The lowest BCUT2D eigenvalue weighted by Crippen LogP contribution is -2.26. The van der Waals surface area contributed by atoms with Crippen LogP contribution in [0.2, 0.25) is 0 Å². The van der Waals surface area contributed by atoms with E-state index < -0.39 is 0 Å². The summed E-state index contributed by atoms with van der Waals surface area (Å²) in [5, 5.41) is 3.80. The first-order valence-corrected chi connectivity index (χ1v) is 7.01. The fraction of sp³-hybridized carbons (Fsp3) is 0.111. The third-order valence-electron chi connectivity index (χ3n) is 3.56. The Labute approximate surface area is 129 Å². The number of hydrogen-bond donors (Lipinski definition) is 0. The van der Waals surface area contributed by atoms with Crippen LogP contribution in [0.25, 0.3) is 11.3 Å². The van der Waals surface area contributed by atoms with Crippen LogP contribution in [0, 0.1) is 6.92 Å². The van der Waals surface area contributed by atoms with Crippen LogP contribution in [0.3, 0.4) is 0 Å². The van der Waals surface area contributed by atoms with E-state index in [1.807, 2.05) is 61.5 Å². The number of amides is 1. The second kappa shape index (κ2) is 5.85. The molecule has 0 saturated carbocycles. The zero-order valence-electron chi connectivity index (χ0n) is 12.5. The van der Waals surface area contributed by atoms with E-state index >= 15 is 0 Å². The van der Waals surface area contributed by atoms with E-state index in [4.69, 9.17) is 4.52 Å². The molecule has 4 nitrogen and oxygen atoms in total. The third-order valence-corrected chi connectivity index (χ3v) is 3.56. The lowest BCUT2D eigenvalue weighted by atomic mass is 10.1. The summed E-state index contributed by atoms with van der Waals surface area (Å²) in [7, 11) is 1.74. The van der Waals surface area contributed by atoms with Crippen molar-refractivity contribution in [1.82, 2.24) is 5.16 Å². The molecule has 2 aromatic carbocycles. The predicted octanol–water partition coefficient (Wildman–Crippen LogP) is 3.93. The van der Waals surface area contributed by atoms with E-state index in [1.54, 1.807) is 11.9 Å². The van der Waals surface area contributed by atoms with Crippen molar-refractivity contribution >= 4 is 11.6 Å². The molecule has 0 aliphatic carbocycles. The van der Waals surface area contributed by atoms with E-state index in [0.717, 1.165) is 16.8 Å². The van der Waals surface area contributed by atoms with Crippen LogP contribution >= 0.6 is 0 Å². The third kappa shape index (κ3) is 2.63. The molecule has 1 amide bonds. The maximum Gasteiger partial charge on any atom is 0.263 e. The number of aryl methyl sites for hydroxylation is 1. The number of anilines is 1. The smallest absolute Gasteiger partial charge is 0.263 e. The van der Waals surface area contributed by atoms with Crippen LogP contribution in [0.1, 0.15) is 15.9 Å². The summed E-state index contributed by atoms with van der Waals surface area (Å²) in [6.07, 6.45) is 1.47. The topological polar surface area (TPSA) is 46.3 Å². The van der Waals surface area contributed by atoms with Gasteiger partial charge in [0.25, 0.3) is 5.91 Å². The van der Waals surface area contributed by atoms with Gasteiger partial charge in [-0.2, -0.15) is 0 Å². The lowest BCUT2D eigenvalue weighted by molar-refractivity contribution is 0.0993. The molecular weight excluding hydrogens is 276 g/mol. The lowest BCUT2D eigenvalue weighted by Gasteiger charge is -2.16. The van der Waals surface area contributed by atoms with Gasteiger partial charge in [-0.05, 0) is 19.1 Å². The van der Waals surface area contributed by atoms with Crippen molar-refractivity contribution in [2.75, 3.05) is 11.9 Å². The SMILES string of the molecule is Cc1ccc(-c2oncc2C(=O)N(C)c2ccccc2)cc1. The summed E-state index contributed by atoms with van der Waals surface area (Å²) in [5.41, 5.74) is 3.27. The Morgan fingerprint density at radius 3 is 2.41 bits per heavy atom. The highest BCUT2D eigenvalue weighted by atomic mass is 16.5. The number of hydrogen-bond acceptors (Lipinski definition) is 3. The largest absolute Gasteiger partial charge is 0.355 e. The van der Waals surface area contributed by atoms with E-state index in [9.17, 15) is 4.79 Å². The van der Waals surface area contributed by atoms with Crippen LogP contribution < -0.4 is 4.90 Å². The van der Waals surface area contributed by atoms with Crippen molar-refractivity contribution in [2.45, 2.75) is 6.92 Å². The summed E-state index contributed by atoms with van der Waals surface area (Å²) in [6, 6.07) is 17.3. The molecule has 0 aliphatic rings. The summed E-state index contributed by atoms with van der Waals surface area (Å²) < 4.78 is 5.30. The monoisotopic (exact) mass is 292 g/mol. The molecule has 0 spiro atoms. The highest BCUT2D eigenvalue weighted by Crippen LogP contribution is 2.26. The quantitative estimate of drug-likeness (QED) is 0.735. The van der Waals surface area contributed by atoms with Gasteiger partial charge in [-0.15, -0.1) is 0 Å². The molecule has 1 heterocycles. The fourth-order valence-corrected chi connectivity index (χ4v) is 2.25. The molecule has 0 saturated heterocycles. The van der Waals surface area contributed by atoms with Gasteiger partial charge in [0, 0.05) is 18.3 Å². The number of rotatable bonds is 3. The van der Waals surface area contributed by atoms with Gasteiger partial charge in [-0.3, -0.25) is 4.79 Å². The minimum atomic E-state index is -0.150. The van der Waals surface area contributed by atoms with Crippen molar-refractivity contribution in [3.05, 3.63) is 71.9 Å². The van der Waals surface area contributed by atoms with Crippen molar-refractivity contribution in [3.63, 3.8) is 0 Å². The van der Waals surface area contributed by atoms with Gasteiger partial charge >= 0.3 is 0 Å². The predicted molar refractivity (Wildman–Crippen MR) is 85.9 cm³/mol. The molecule has 0 N–H and O–H groups in total. The molecule has 4 heteroatoms. The molecule has 110 valence electrons. The van der Waals surface area contributed by atoms with E-state index in [0.29, 0.717) is 11.3 Å². The number of para-hydroxylation sites is 1. The maximum absolute atomic E-state index is 12.7. The zero-order valence-corrected chi connectivity index (χ0v) is 12.5. The minimum absolute atomic E-state index is 0.150. The number of nitrogens with zero attached hydrogens (tertiary/aromatic N) is 2.